The molecule has 2 nitrogen and oxygen atoms in total. The first-order chi connectivity index (χ1) is 7.20. The Balaban J connectivity index is 2.95. The van der Waals surface area contributed by atoms with Gasteiger partial charge in [0.1, 0.15) is 0 Å². The normalized spacial score (nSPS) is 10.9. The van der Waals surface area contributed by atoms with Gasteiger partial charge in [-0.2, -0.15) is 0 Å². The molecule has 2 rings (SSSR count). The summed E-state index contributed by atoms with van der Waals surface area (Å²) in [6, 6.07) is 6.16. The fourth-order valence-corrected chi connectivity index (χ4v) is 2.18. The van der Waals surface area contributed by atoms with Crippen molar-refractivity contribution in [2.45, 2.75) is 20.3 Å². The second-order valence-electron chi connectivity index (χ2n) is 3.84. The summed E-state index contributed by atoms with van der Waals surface area (Å²) < 4.78 is 2.11. The van der Waals surface area contributed by atoms with Crippen LogP contribution in [0.5, 0.6) is 0 Å². The molecule has 0 amide bonds. The number of rotatable bonds is 2. The summed E-state index contributed by atoms with van der Waals surface area (Å²) in [5, 5.41) is 1.07. The lowest BCUT2D eigenvalue weighted by molar-refractivity contribution is 0.112. The van der Waals surface area contributed by atoms with E-state index in [1.54, 1.807) is 0 Å². The van der Waals surface area contributed by atoms with Crippen molar-refractivity contribution < 1.29 is 4.79 Å². The maximum absolute atomic E-state index is 11.0. The van der Waals surface area contributed by atoms with Crippen molar-refractivity contribution in [3.63, 3.8) is 0 Å². The van der Waals surface area contributed by atoms with Crippen LogP contribution in [-0.2, 0) is 13.5 Å². The van der Waals surface area contributed by atoms with Crippen LogP contribution in [0, 0.1) is 6.92 Å². The van der Waals surface area contributed by atoms with Gasteiger partial charge in [0.15, 0.2) is 6.29 Å². The minimum atomic E-state index is 0.822. The molecule has 1 aromatic carbocycles. The summed E-state index contributed by atoms with van der Waals surface area (Å²) >= 11 is 0. The molecule has 0 saturated heterocycles. The number of aldehydes is 1. The van der Waals surface area contributed by atoms with E-state index >= 15 is 0 Å². The van der Waals surface area contributed by atoms with Crippen molar-refractivity contribution in [2.24, 2.45) is 7.05 Å². The van der Waals surface area contributed by atoms with E-state index in [1.165, 1.54) is 11.1 Å². The first-order valence-corrected chi connectivity index (χ1v) is 5.22. The van der Waals surface area contributed by atoms with Gasteiger partial charge in [-0.05, 0) is 18.9 Å². The largest absolute Gasteiger partial charge is 0.347 e. The molecule has 2 aromatic rings. The molecular formula is C13H15NO. The van der Waals surface area contributed by atoms with Crippen LogP contribution in [0.4, 0.5) is 0 Å². The maximum atomic E-state index is 11.0. The Morgan fingerprint density at radius 3 is 2.73 bits per heavy atom. The number of carbonyl (C=O) groups is 1. The molecule has 0 unspecified atom stereocenters. The molecule has 0 atom stereocenters. The SMILES string of the molecule is CCc1cccc2c(C=O)c(C)n(C)c12. The highest BCUT2D eigenvalue weighted by Crippen LogP contribution is 2.26. The Morgan fingerprint density at radius 1 is 1.40 bits per heavy atom. The van der Waals surface area contributed by atoms with Crippen molar-refractivity contribution in [1.82, 2.24) is 4.57 Å². The van der Waals surface area contributed by atoms with E-state index in [9.17, 15) is 4.79 Å². The van der Waals surface area contributed by atoms with E-state index in [2.05, 4.69) is 17.6 Å². The highest BCUT2D eigenvalue weighted by molar-refractivity contribution is 6.00. The van der Waals surface area contributed by atoms with Crippen LogP contribution >= 0.6 is 0 Å². The molecule has 0 spiro atoms. The van der Waals surface area contributed by atoms with Gasteiger partial charge in [0.05, 0.1) is 5.52 Å². The van der Waals surface area contributed by atoms with E-state index in [-0.39, 0.29) is 0 Å². The number of hydrogen-bond donors (Lipinski definition) is 0. The predicted octanol–water partition coefficient (Wildman–Crippen LogP) is 2.86. The molecule has 0 radical (unpaired) electrons. The zero-order valence-electron chi connectivity index (χ0n) is 9.37. The third-order valence-electron chi connectivity index (χ3n) is 3.14. The minimum absolute atomic E-state index is 0.822. The van der Waals surface area contributed by atoms with Gasteiger partial charge < -0.3 is 4.57 Å². The van der Waals surface area contributed by atoms with Crippen molar-refractivity contribution in [2.75, 3.05) is 0 Å². The van der Waals surface area contributed by atoms with E-state index in [4.69, 9.17) is 0 Å². The summed E-state index contributed by atoms with van der Waals surface area (Å²) in [6.07, 6.45) is 1.95. The molecule has 1 heterocycles. The van der Waals surface area contributed by atoms with Crippen LogP contribution in [0.2, 0.25) is 0 Å². The second-order valence-corrected chi connectivity index (χ2v) is 3.84. The average Bonchev–Trinajstić information content (AvgIpc) is 2.51. The molecule has 0 N–H and O–H groups in total. The van der Waals surface area contributed by atoms with Crippen molar-refractivity contribution in [3.05, 3.63) is 35.0 Å². The number of carbonyl (C=O) groups excluding carboxylic acids is 1. The number of benzene rings is 1. The van der Waals surface area contributed by atoms with Gasteiger partial charge in [0, 0.05) is 23.7 Å². The molecule has 0 aliphatic carbocycles. The lowest BCUT2D eigenvalue weighted by Gasteiger charge is -2.03. The number of aryl methyl sites for hydroxylation is 2. The zero-order valence-corrected chi connectivity index (χ0v) is 9.37. The van der Waals surface area contributed by atoms with Gasteiger partial charge in [-0.15, -0.1) is 0 Å². The quantitative estimate of drug-likeness (QED) is 0.685. The van der Waals surface area contributed by atoms with Crippen LogP contribution < -0.4 is 0 Å². The molecule has 0 aliphatic heterocycles. The van der Waals surface area contributed by atoms with E-state index < -0.39 is 0 Å². The fraction of sp³-hybridized carbons (Fsp3) is 0.308. The Bertz CT molecular complexity index is 523. The first kappa shape index (κ1) is 9.97. The monoisotopic (exact) mass is 201 g/mol. The Labute approximate surface area is 89.5 Å². The number of para-hydroxylation sites is 1. The maximum Gasteiger partial charge on any atom is 0.152 e. The summed E-state index contributed by atoms with van der Waals surface area (Å²) in [5.41, 5.74) is 4.36. The van der Waals surface area contributed by atoms with Gasteiger partial charge >= 0.3 is 0 Å². The summed E-state index contributed by atoms with van der Waals surface area (Å²) in [5.74, 6) is 0. The molecule has 78 valence electrons. The Morgan fingerprint density at radius 2 is 2.13 bits per heavy atom. The third-order valence-corrected chi connectivity index (χ3v) is 3.14. The van der Waals surface area contributed by atoms with Gasteiger partial charge in [0.25, 0.3) is 0 Å². The second kappa shape index (κ2) is 3.54. The van der Waals surface area contributed by atoms with E-state index in [0.717, 1.165) is 29.4 Å². The Kier molecular flexibility index (Phi) is 2.35. The smallest absolute Gasteiger partial charge is 0.152 e. The van der Waals surface area contributed by atoms with Crippen molar-refractivity contribution in [1.29, 1.82) is 0 Å². The highest BCUT2D eigenvalue weighted by Gasteiger charge is 2.12. The topological polar surface area (TPSA) is 22.0 Å². The summed E-state index contributed by atoms with van der Waals surface area (Å²) in [6.45, 7) is 4.13. The van der Waals surface area contributed by atoms with E-state index in [1.807, 2.05) is 26.1 Å². The first-order valence-electron chi connectivity index (χ1n) is 5.22. The molecule has 0 bridgehead atoms. The number of aromatic nitrogens is 1. The van der Waals surface area contributed by atoms with Crippen LogP contribution in [0.3, 0.4) is 0 Å². The Hall–Kier alpha value is -1.57. The fourth-order valence-electron chi connectivity index (χ4n) is 2.18. The molecule has 0 fully saturated rings. The molecule has 15 heavy (non-hydrogen) atoms. The predicted molar refractivity (Wildman–Crippen MR) is 62.4 cm³/mol. The average molecular weight is 201 g/mol. The van der Waals surface area contributed by atoms with Gasteiger partial charge in [0.2, 0.25) is 0 Å². The molecule has 1 aromatic heterocycles. The van der Waals surface area contributed by atoms with Crippen LogP contribution in [-0.4, -0.2) is 10.9 Å². The molecule has 0 aliphatic rings. The molecular weight excluding hydrogens is 186 g/mol. The summed E-state index contributed by atoms with van der Waals surface area (Å²) in [7, 11) is 2.02. The number of nitrogens with zero attached hydrogens (tertiary/aromatic N) is 1. The number of hydrogen-bond acceptors (Lipinski definition) is 1. The summed E-state index contributed by atoms with van der Waals surface area (Å²) in [4.78, 5) is 11.0. The van der Waals surface area contributed by atoms with Gasteiger partial charge in [-0.25, -0.2) is 0 Å². The van der Waals surface area contributed by atoms with Gasteiger partial charge in [-0.1, -0.05) is 25.1 Å². The minimum Gasteiger partial charge on any atom is -0.347 e. The van der Waals surface area contributed by atoms with Crippen molar-refractivity contribution >= 4 is 17.2 Å². The standard InChI is InChI=1S/C13H15NO/c1-4-10-6-5-7-11-12(8-15)9(2)14(3)13(10)11/h5-8H,4H2,1-3H3. The van der Waals surface area contributed by atoms with Crippen LogP contribution in [0.25, 0.3) is 10.9 Å². The number of fused-ring (bicyclic) bond motifs is 1. The lowest BCUT2D eigenvalue weighted by Crippen LogP contribution is -1.94. The molecule has 0 saturated carbocycles. The van der Waals surface area contributed by atoms with Crippen LogP contribution in [0.1, 0.15) is 28.5 Å². The van der Waals surface area contributed by atoms with Crippen molar-refractivity contribution in [3.8, 4) is 0 Å². The lowest BCUT2D eigenvalue weighted by atomic mass is 10.1. The third kappa shape index (κ3) is 1.29. The van der Waals surface area contributed by atoms with E-state index in [0.29, 0.717) is 0 Å². The van der Waals surface area contributed by atoms with Gasteiger partial charge in [-0.3, -0.25) is 4.79 Å². The van der Waals surface area contributed by atoms with Crippen LogP contribution in [0.15, 0.2) is 18.2 Å². The highest BCUT2D eigenvalue weighted by atomic mass is 16.1. The molecule has 2 heteroatoms. The zero-order chi connectivity index (χ0) is 11.0.